The lowest BCUT2D eigenvalue weighted by Gasteiger charge is -2.36. The Morgan fingerprint density at radius 3 is 2.76 bits per heavy atom. The second-order valence-electron chi connectivity index (χ2n) is 5.46. The lowest BCUT2D eigenvalue weighted by atomic mass is 9.98. The van der Waals surface area contributed by atoms with Crippen LogP contribution in [0.3, 0.4) is 0 Å². The second-order valence-corrected chi connectivity index (χ2v) is 5.46. The summed E-state index contributed by atoms with van der Waals surface area (Å²) < 4.78 is 0. The largest absolute Gasteiger partial charge is 0.310 e. The highest BCUT2D eigenvalue weighted by molar-refractivity contribution is 5.08. The maximum atomic E-state index is 4.15. The van der Waals surface area contributed by atoms with Crippen LogP contribution in [0, 0.1) is 0 Å². The Morgan fingerprint density at radius 1 is 1.35 bits per heavy atom. The molecular weight excluding hydrogens is 210 g/mol. The first-order chi connectivity index (χ1) is 8.33. The van der Waals surface area contributed by atoms with Gasteiger partial charge in [-0.05, 0) is 44.4 Å². The van der Waals surface area contributed by atoms with Crippen molar-refractivity contribution in [2.24, 2.45) is 0 Å². The van der Waals surface area contributed by atoms with Gasteiger partial charge in [0, 0.05) is 37.1 Å². The van der Waals surface area contributed by atoms with Crippen LogP contribution >= 0.6 is 0 Å². The van der Waals surface area contributed by atoms with Crippen molar-refractivity contribution >= 4 is 0 Å². The van der Waals surface area contributed by atoms with Gasteiger partial charge in [0.05, 0.1) is 0 Å². The van der Waals surface area contributed by atoms with Crippen LogP contribution in [0.15, 0.2) is 24.5 Å². The maximum Gasteiger partial charge on any atom is 0.0312 e. The Balaban J connectivity index is 1.54. The molecule has 0 saturated carbocycles. The van der Waals surface area contributed by atoms with Gasteiger partial charge in [-0.1, -0.05) is 6.07 Å². The summed E-state index contributed by atoms with van der Waals surface area (Å²) >= 11 is 0. The molecular formula is C14H21N3. The van der Waals surface area contributed by atoms with Crippen LogP contribution in [-0.2, 0) is 6.54 Å². The molecule has 0 amide bonds. The van der Waals surface area contributed by atoms with Crippen molar-refractivity contribution < 1.29 is 0 Å². The first kappa shape index (κ1) is 11.2. The Kier molecular flexibility index (Phi) is 3.12. The van der Waals surface area contributed by atoms with Gasteiger partial charge in [-0.25, -0.2) is 0 Å². The molecule has 3 nitrogen and oxygen atoms in total. The molecule has 2 bridgehead atoms. The van der Waals surface area contributed by atoms with Crippen molar-refractivity contribution in [3.05, 3.63) is 30.1 Å². The average Bonchev–Trinajstić information content (AvgIpc) is 2.61. The van der Waals surface area contributed by atoms with Gasteiger partial charge >= 0.3 is 0 Å². The van der Waals surface area contributed by atoms with Crippen molar-refractivity contribution in [1.82, 2.24) is 15.2 Å². The molecule has 3 rings (SSSR count). The van der Waals surface area contributed by atoms with Crippen molar-refractivity contribution in [2.45, 2.75) is 50.4 Å². The van der Waals surface area contributed by atoms with Crippen LogP contribution in [0.1, 0.15) is 31.2 Å². The van der Waals surface area contributed by atoms with E-state index in [2.05, 4.69) is 28.3 Å². The zero-order valence-corrected chi connectivity index (χ0v) is 10.5. The molecule has 1 aromatic heterocycles. The standard InChI is InChI=1S/C14H21N3/c1-17-13-4-5-14(17)8-12(7-13)16-10-11-3-2-6-15-9-11/h2-3,6,9,12-14,16H,4-5,7-8,10H2,1H3/t12?,13-,14+. The lowest BCUT2D eigenvalue weighted by Crippen LogP contribution is -2.46. The molecule has 17 heavy (non-hydrogen) atoms. The van der Waals surface area contributed by atoms with Crippen LogP contribution < -0.4 is 5.32 Å². The number of hydrogen-bond donors (Lipinski definition) is 1. The van der Waals surface area contributed by atoms with Crippen LogP contribution in [0.25, 0.3) is 0 Å². The summed E-state index contributed by atoms with van der Waals surface area (Å²) in [6.07, 6.45) is 9.20. The van der Waals surface area contributed by atoms with Gasteiger partial charge < -0.3 is 10.2 Å². The minimum absolute atomic E-state index is 0.698. The molecule has 2 fully saturated rings. The van der Waals surface area contributed by atoms with Gasteiger partial charge in [0.25, 0.3) is 0 Å². The minimum Gasteiger partial charge on any atom is -0.310 e. The zero-order valence-electron chi connectivity index (χ0n) is 10.5. The van der Waals surface area contributed by atoms with Crippen molar-refractivity contribution in [2.75, 3.05) is 7.05 Å². The molecule has 2 aliphatic heterocycles. The summed E-state index contributed by atoms with van der Waals surface area (Å²) in [5.41, 5.74) is 1.29. The summed E-state index contributed by atoms with van der Waals surface area (Å²) in [6.45, 7) is 0.960. The first-order valence-electron chi connectivity index (χ1n) is 6.67. The molecule has 0 aliphatic carbocycles. The third-order valence-corrected chi connectivity index (χ3v) is 4.42. The lowest BCUT2D eigenvalue weighted by molar-refractivity contribution is 0.148. The van der Waals surface area contributed by atoms with Gasteiger partial charge in [-0.3, -0.25) is 4.98 Å². The topological polar surface area (TPSA) is 28.2 Å². The molecule has 0 spiro atoms. The van der Waals surface area contributed by atoms with Gasteiger partial charge in [0.1, 0.15) is 0 Å². The third kappa shape index (κ3) is 2.35. The SMILES string of the molecule is CN1[C@@H]2CC[C@H]1CC(NCc1cccnc1)C2. The minimum atomic E-state index is 0.698. The average molecular weight is 231 g/mol. The quantitative estimate of drug-likeness (QED) is 0.859. The number of aromatic nitrogens is 1. The molecule has 1 unspecified atom stereocenters. The molecule has 0 aromatic carbocycles. The Morgan fingerprint density at radius 2 is 2.12 bits per heavy atom. The molecule has 0 radical (unpaired) electrons. The zero-order chi connectivity index (χ0) is 11.7. The van der Waals surface area contributed by atoms with Gasteiger partial charge in [-0.15, -0.1) is 0 Å². The van der Waals surface area contributed by atoms with Crippen LogP contribution in [0.5, 0.6) is 0 Å². The van der Waals surface area contributed by atoms with Crippen LogP contribution in [0.2, 0.25) is 0 Å². The van der Waals surface area contributed by atoms with Crippen LogP contribution in [0.4, 0.5) is 0 Å². The summed E-state index contributed by atoms with van der Waals surface area (Å²) in [6, 6.07) is 6.49. The number of rotatable bonds is 3. The van der Waals surface area contributed by atoms with E-state index in [-0.39, 0.29) is 0 Å². The van der Waals surface area contributed by atoms with Crippen molar-refractivity contribution in [1.29, 1.82) is 0 Å². The third-order valence-electron chi connectivity index (χ3n) is 4.42. The molecule has 1 aromatic rings. The van der Waals surface area contributed by atoms with E-state index >= 15 is 0 Å². The summed E-state index contributed by atoms with van der Waals surface area (Å²) in [5.74, 6) is 0. The van der Waals surface area contributed by atoms with Crippen LogP contribution in [-0.4, -0.2) is 35.1 Å². The molecule has 1 N–H and O–H groups in total. The fourth-order valence-corrected chi connectivity index (χ4v) is 3.34. The second kappa shape index (κ2) is 4.75. The monoisotopic (exact) mass is 231 g/mol. The Bertz CT molecular complexity index is 351. The molecule has 3 atom stereocenters. The number of fused-ring (bicyclic) bond motifs is 2. The summed E-state index contributed by atoms with van der Waals surface area (Å²) in [5, 5.41) is 3.69. The first-order valence-corrected chi connectivity index (χ1v) is 6.67. The Hall–Kier alpha value is -0.930. The molecule has 92 valence electrons. The fraction of sp³-hybridized carbons (Fsp3) is 0.643. The number of hydrogen-bond acceptors (Lipinski definition) is 3. The maximum absolute atomic E-state index is 4.15. The highest BCUT2D eigenvalue weighted by atomic mass is 15.2. The number of nitrogens with one attached hydrogen (secondary N) is 1. The van der Waals surface area contributed by atoms with E-state index < -0.39 is 0 Å². The molecule has 2 saturated heterocycles. The number of nitrogens with zero attached hydrogens (tertiary/aromatic N) is 2. The predicted octanol–water partition coefficient (Wildman–Crippen LogP) is 1.80. The molecule has 2 aliphatic rings. The van der Waals surface area contributed by atoms with Crippen molar-refractivity contribution in [3.8, 4) is 0 Å². The normalized spacial score (nSPS) is 32.9. The Labute approximate surface area is 103 Å². The van der Waals surface area contributed by atoms with Gasteiger partial charge in [0.15, 0.2) is 0 Å². The van der Waals surface area contributed by atoms with E-state index in [0.717, 1.165) is 18.6 Å². The number of piperidine rings is 1. The van der Waals surface area contributed by atoms with Crippen molar-refractivity contribution in [3.63, 3.8) is 0 Å². The summed E-state index contributed by atoms with van der Waals surface area (Å²) in [7, 11) is 2.29. The molecule has 3 heterocycles. The highest BCUT2D eigenvalue weighted by Crippen LogP contribution is 2.34. The van der Waals surface area contributed by atoms with E-state index in [1.807, 2.05) is 18.5 Å². The number of pyridine rings is 1. The van der Waals surface area contributed by atoms with E-state index in [1.54, 1.807) is 0 Å². The van der Waals surface area contributed by atoms with E-state index in [4.69, 9.17) is 0 Å². The highest BCUT2D eigenvalue weighted by Gasteiger charge is 2.37. The summed E-state index contributed by atoms with van der Waals surface area (Å²) in [4.78, 5) is 6.74. The molecule has 3 heteroatoms. The predicted molar refractivity (Wildman–Crippen MR) is 68.7 cm³/mol. The van der Waals surface area contributed by atoms with Gasteiger partial charge in [0.2, 0.25) is 0 Å². The van der Waals surface area contributed by atoms with Gasteiger partial charge in [-0.2, -0.15) is 0 Å². The van der Waals surface area contributed by atoms with E-state index in [9.17, 15) is 0 Å². The smallest absolute Gasteiger partial charge is 0.0312 e. The van der Waals surface area contributed by atoms with E-state index in [0.29, 0.717) is 6.04 Å². The fourth-order valence-electron chi connectivity index (χ4n) is 3.34. The van der Waals surface area contributed by atoms with E-state index in [1.165, 1.54) is 31.2 Å².